The van der Waals surface area contributed by atoms with Crippen molar-refractivity contribution in [2.45, 2.75) is 39.5 Å². The number of anilines is 2. The molecule has 1 aromatic rings. The molecule has 1 aliphatic heterocycles. The molecule has 2 rings (SSSR count). The zero-order valence-electron chi connectivity index (χ0n) is 16.3. The summed E-state index contributed by atoms with van der Waals surface area (Å²) in [5.74, 6) is -0.329. The van der Waals surface area contributed by atoms with Gasteiger partial charge in [0.15, 0.2) is 6.54 Å². The van der Waals surface area contributed by atoms with E-state index in [1.54, 1.807) is 29.2 Å². The van der Waals surface area contributed by atoms with Crippen LogP contribution in [0, 0.1) is 0 Å². The number of hydrogen-bond donors (Lipinski definition) is 3. The van der Waals surface area contributed by atoms with Gasteiger partial charge in [-0.15, -0.1) is 0 Å². The number of carbonyl (C=O) groups excluding carboxylic acids is 3. The standard InChI is InChI=1S/C20H30N4O3/c1-3-24(20(27)15-23-12-6-4-5-7-13-23)14-19(26)22-18-10-8-17(9-11-18)21-16(2)25/h8-11H,3-7,12-15H2,1-2H3,(H,21,25)(H,22,26)/p+1. The number of likely N-dealkylation sites (N-methyl/N-ethyl adjacent to an activating group) is 1. The number of nitrogens with one attached hydrogen (secondary N) is 3. The second-order valence-electron chi connectivity index (χ2n) is 7.06. The molecule has 3 N–H and O–H groups in total. The Bertz CT molecular complexity index is 637. The minimum Gasteiger partial charge on any atom is -0.329 e. The molecule has 7 heteroatoms. The first-order valence-electron chi connectivity index (χ1n) is 9.76. The van der Waals surface area contributed by atoms with Crippen LogP contribution in [0.2, 0.25) is 0 Å². The Morgan fingerprint density at radius 3 is 2.04 bits per heavy atom. The van der Waals surface area contributed by atoms with Crippen molar-refractivity contribution in [3.63, 3.8) is 0 Å². The second-order valence-corrected chi connectivity index (χ2v) is 7.06. The molecule has 1 saturated heterocycles. The number of rotatable bonds is 7. The summed E-state index contributed by atoms with van der Waals surface area (Å²) < 4.78 is 0. The maximum atomic E-state index is 12.6. The Labute approximate surface area is 161 Å². The van der Waals surface area contributed by atoms with Gasteiger partial charge in [-0.2, -0.15) is 0 Å². The van der Waals surface area contributed by atoms with Gasteiger partial charge in [-0.05, 0) is 56.9 Å². The van der Waals surface area contributed by atoms with Gasteiger partial charge in [-0.3, -0.25) is 14.4 Å². The van der Waals surface area contributed by atoms with Gasteiger partial charge in [0.05, 0.1) is 13.1 Å². The third kappa shape index (κ3) is 7.38. The number of quaternary nitrogens is 1. The molecule has 27 heavy (non-hydrogen) atoms. The summed E-state index contributed by atoms with van der Waals surface area (Å²) in [7, 11) is 0. The van der Waals surface area contributed by atoms with Gasteiger partial charge in [0.2, 0.25) is 11.8 Å². The molecule has 1 aromatic carbocycles. The van der Waals surface area contributed by atoms with Crippen molar-refractivity contribution in [2.75, 3.05) is 43.4 Å². The van der Waals surface area contributed by atoms with Gasteiger partial charge >= 0.3 is 0 Å². The van der Waals surface area contributed by atoms with Gasteiger partial charge in [0.25, 0.3) is 5.91 Å². The van der Waals surface area contributed by atoms with E-state index in [0.717, 1.165) is 13.1 Å². The fourth-order valence-electron chi connectivity index (χ4n) is 3.32. The van der Waals surface area contributed by atoms with E-state index >= 15 is 0 Å². The number of hydrogen-bond acceptors (Lipinski definition) is 3. The number of nitrogens with zero attached hydrogens (tertiary/aromatic N) is 1. The summed E-state index contributed by atoms with van der Waals surface area (Å²) in [5, 5.41) is 5.48. The van der Waals surface area contributed by atoms with Crippen LogP contribution in [-0.4, -0.2) is 55.3 Å². The van der Waals surface area contributed by atoms with Crippen molar-refractivity contribution in [3.8, 4) is 0 Å². The first-order chi connectivity index (χ1) is 13.0. The lowest BCUT2D eigenvalue weighted by Crippen LogP contribution is -3.13. The van der Waals surface area contributed by atoms with E-state index in [-0.39, 0.29) is 24.3 Å². The van der Waals surface area contributed by atoms with Crippen LogP contribution in [0.25, 0.3) is 0 Å². The van der Waals surface area contributed by atoms with Crippen LogP contribution in [0.1, 0.15) is 39.5 Å². The van der Waals surface area contributed by atoms with E-state index in [0.29, 0.717) is 24.5 Å². The van der Waals surface area contributed by atoms with Crippen molar-refractivity contribution >= 4 is 29.1 Å². The largest absolute Gasteiger partial charge is 0.329 e. The monoisotopic (exact) mass is 375 g/mol. The van der Waals surface area contributed by atoms with Crippen molar-refractivity contribution in [3.05, 3.63) is 24.3 Å². The van der Waals surface area contributed by atoms with Crippen LogP contribution >= 0.6 is 0 Å². The highest BCUT2D eigenvalue weighted by atomic mass is 16.2. The average Bonchev–Trinajstić information content (AvgIpc) is 2.89. The predicted octanol–water partition coefficient (Wildman–Crippen LogP) is 0.891. The highest BCUT2D eigenvalue weighted by Crippen LogP contribution is 2.13. The number of likely N-dealkylation sites (tertiary alicyclic amines) is 1. The summed E-state index contributed by atoms with van der Waals surface area (Å²) in [6, 6.07) is 6.90. The van der Waals surface area contributed by atoms with Crippen molar-refractivity contribution in [1.29, 1.82) is 0 Å². The van der Waals surface area contributed by atoms with Crippen LogP contribution < -0.4 is 15.5 Å². The molecule has 1 aliphatic rings. The molecule has 7 nitrogen and oxygen atoms in total. The smallest absolute Gasteiger partial charge is 0.278 e. The molecule has 0 spiro atoms. The summed E-state index contributed by atoms with van der Waals surface area (Å²) in [4.78, 5) is 38.9. The molecule has 0 radical (unpaired) electrons. The predicted molar refractivity (Wildman–Crippen MR) is 106 cm³/mol. The first-order valence-corrected chi connectivity index (χ1v) is 9.76. The molecule has 3 amide bonds. The fourth-order valence-corrected chi connectivity index (χ4v) is 3.32. The van der Waals surface area contributed by atoms with Crippen LogP contribution in [0.4, 0.5) is 11.4 Å². The molecule has 148 valence electrons. The maximum Gasteiger partial charge on any atom is 0.278 e. The van der Waals surface area contributed by atoms with Crippen LogP contribution in [0.15, 0.2) is 24.3 Å². The Hall–Kier alpha value is -2.41. The van der Waals surface area contributed by atoms with Crippen molar-refractivity contribution in [2.24, 2.45) is 0 Å². The molecule has 0 aliphatic carbocycles. The van der Waals surface area contributed by atoms with E-state index in [2.05, 4.69) is 10.6 Å². The summed E-state index contributed by atoms with van der Waals surface area (Å²) >= 11 is 0. The number of benzene rings is 1. The maximum absolute atomic E-state index is 12.6. The Morgan fingerprint density at radius 1 is 0.963 bits per heavy atom. The Balaban J connectivity index is 1.84. The topological polar surface area (TPSA) is 83.0 Å². The lowest BCUT2D eigenvalue weighted by molar-refractivity contribution is -0.891. The summed E-state index contributed by atoms with van der Waals surface area (Å²) in [6.07, 6.45) is 4.84. The summed E-state index contributed by atoms with van der Waals surface area (Å²) in [6.45, 7) is 6.44. The molecule has 0 bridgehead atoms. The fraction of sp³-hybridized carbons (Fsp3) is 0.550. The minimum atomic E-state index is -0.219. The van der Waals surface area contributed by atoms with Gasteiger partial charge in [0, 0.05) is 24.8 Å². The van der Waals surface area contributed by atoms with E-state index in [1.165, 1.54) is 37.5 Å². The molecule has 0 aromatic heterocycles. The number of carbonyl (C=O) groups is 3. The van der Waals surface area contributed by atoms with Gasteiger partial charge < -0.3 is 20.4 Å². The van der Waals surface area contributed by atoms with Crippen molar-refractivity contribution < 1.29 is 19.3 Å². The van der Waals surface area contributed by atoms with Crippen LogP contribution in [0.5, 0.6) is 0 Å². The third-order valence-corrected chi connectivity index (χ3v) is 4.77. The van der Waals surface area contributed by atoms with Gasteiger partial charge in [-0.1, -0.05) is 0 Å². The van der Waals surface area contributed by atoms with E-state index in [1.807, 2.05) is 6.92 Å². The van der Waals surface area contributed by atoms with E-state index in [4.69, 9.17) is 0 Å². The van der Waals surface area contributed by atoms with Crippen LogP contribution in [-0.2, 0) is 14.4 Å². The summed E-state index contributed by atoms with van der Waals surface area (Å²) in [5.41, 5.74) is 1.31. The SMILES string of the molecule is CCN(CC(=O)Nc1ccc(NC(C)=O)cc1)C(=O)C[NH+]1CCCCCC1. The second kappa shape index (κ2) is 10.7. The quantitative estimate of drug-likeness (QED) is 0.662. The minimum absolute atomic E-state index is 0.0329. The first kappa shape index (κ1) is 20.9. The Morgan fingerprint density at radius 2 is 1.52 bits per heavy atom. The molecule has 1 heterocycles. The van der Waals surface area contributed by atoms with E-state index in [9.17, 15) is 14.4 Å². The molecule has 0 saturated carbocycles. The zero-order chi connectivity index (χ0) is 19.6. The molecular formula is C20H31N4O3+. The normalized spacial score (nSPS) is 14.9. The number of amides is 3. The van der Waals surface area contributed by atoms with Gasteiger partial charge in [-0.25, -0.2) is 0 Å². The average molecular weight is 375 g/mol. The Kier molecular flexibility index (Phi) is 8.26. The third-order valence-electron chi connectivity index (χ3n) is 4.77. The molecule has 1 fully saturated rings. The van der Waals surface area contributed by atoms with Crippen LogP contribution in [0.3, 0.4) is 0 Å². The zero-order valence-corrected chi connectivity index (χ0v) is 16.3. The molecule has 0 atom stereocenters. The van der Waals surface area contributed by atoms with Crippen molar-refractivity contribution in [1.82, 2.24) is 4.90 Å². The highest BCUT2D eigenvalue weighted by Gasteiger charge is 2.22. The lowest BCUT2D eigenvalue weighted by Gasteiger charge is -2.23. The van der Waals surface area contributed by atoms with Gasteiger partial charge in [0.1, 0.15) is 6.54 Å². The highest BCUT2D eigenvalue weighted by molar-refractivity contribution is 5.95. The molecule has 0 unspecified atom stereocenters. The van der Waals surface area contributed by atoms with E-state index < -0.39 is 0 Å². The molecular weight excluding hydrogens is 344 g/mol. The lowest BCUT2D eigenvalue weighted by atomic mass is 10.2.